The lowest BCUT2D eigenvalue weighted by atomic mass is 10.00. The minimum Gasteiger partial charge on any atom is -0.310 e. The van der Waals surface area contributed by atoms with Gasteiger partial charge in [-0.3, -0.25) is 4.90 Å². The van der Waals surface area contributed by atoms with Gasteiger partial charge in [0.1, 0.15) is 0 Å². The van der Waals surface area contributed by atoms with Crippen LogP contribution in [0.5, 0.6) is 0 Å². The molecule has 1 aromatic rings. The van der Waals surface area contributed by atoms with Crippen LogP contribution < -0.4 is 5.32 Å². The van der Waals surface area contributed by atoms with E-state index >= 15 is 0 Å². The lowest BCUT2D eigenvalue weighted by Gasteiger charge is -2.33. The van der Waals surface area contributed by atoms with Gasteiger partial charge in [0, 0.05) is 23.1 Å². The SMILES string of the molecule is CCNC(CCN1CCCC1(C)C)c1ccccc1Cl. The van der Waals surface area contributed by atoms with E-state index in [1.165, 1.54) is 24.9 Å². The average molecular weight is 295 g/mol. The molecule has 0 spiro atoms. The minimum atomic E-state index is 0.352. The molecule has 0 bridgehead atoms. The molecule has 0 amide bonds. The van der Waals surface area contributed by atoms with Gasteiger partial charge in [0.25, 0.3) is 0 Å². The highest BCUT2D eigenvalue weighted by Gasteiger charge is 2.31. The van der Waals surface area contributed by atoms with E-state index < -0.39 is 0 Å². The molecule has 0 radical (unpaired) electrons. The van der Waals surface area contributed by atoms with Crippen LogP contribution in [-0.4, -0.2) is 30.1 Å². The summed E-state index contributed by atoms with van der Waals surface area (Å²) < 4.78 is 0. The van der Waals surface area contributed by atoms with Crippen LogP contribution in [0.15, 0.2) is 24.3 Å². The quantitative estimate of drug-likeness (QED) is 0.843. The van der Waals surface area contributed by atoms with Gasteiger partial charge in [0.05, 0.1) is 0 Å². The van der Waals surface area contributed by atoms with Crippen LogP contribution in [0.1, 0.15) is 51.6 Å². The lowest BCUT2D eigenvalue weighted by molar-refractivity contribution is 0.166. The fraction of sp³-hybridized carbons (Fsp3) is 0.647. The van der Waals surface area contributed by atoms with Crippen molar-refractivity contribution in [2.24, 2.45) is 0 Å². The predicted molar refractivity (Wildman–Crippen MR) is 87.4 cm³/mol. The van der Waals surface area contributed by atoms with Gasteiger partial charge in [-0.25, -0.2) is 0 Å². The summed E-state index contributed by atoms with van der Waals surface area (Å²) >= 11 is 6.35. The molecule has 1 fully saturated rings. The summed E-state index contributed by atoms with van der Waals surface area (Å²) in [7, 11) is 0. The zero-order valence-electron chi connectivity index (χ0n) is 13.0. The van der Waals surface area contributed by atoms with Crippen molar-refractivity contribution in [1.82, 2.24) is 10.2 Å². The number of benzene rings is 1. The Morgan fingerprint density at radius 1 is 1.35 bits per heavy atom. The number of likely N-dealkylation sites (tertiary alicyclic amines) is 1. The van der Waals surface area contributed by atoms with Gasteiger partial charge in [-0.1, -0.05) is 36.7 Å². The third-order valence-corrected chi connectivity index (χ3v) is 4.84. The Morgan fingerprint density at radius 2 is 2.10 bits per heavy atom. The fourth-order valence-corrected chi connectivity index (χ4v) is 3.50. The summed E-state index contributed by atoms with van der Waals surface area (Å²) in [6, 6.07) is 8.56. The Balaban J connectivity index is 2.01. The lowest BCUT2D eigenvalue weighted by Crippen LogP contribution is -2.40. The first kappa shape index (κ1) is 15.8. The van der Waals surface area contributed by atoms with E-state index in [0.29, 0.717) is 11.6 Å². The standard InChI is InChI=1S/C17H27ClN2/c1-4-19-16(14-8-5-6-9-15(14)18)10-13-20-12-7-11-17(20,2)3/h5-6,8-9,16,19H,4,7,10-13H2,1-3H3. The van der Waals surface area contributed by atoms with Crippen LogP contribution in [0.25, 0.3) is 0 Å². The second-order valence-electron chi connectivity index (χ2n) is 6.32. The van der Waals surface area contributed by atoms with E-state index in [-0.39, 0.29) is 0 Å². The summed E-state index contributed by atoms with van der Waals surface area (Å²) in [5, 5.41) is 4.45. The van der Waals surface area contributed by atoms with Crippen LogP contribution in [0.4, 0.5) is 0 Å². The Kier molecular flexibility index (Phi) is 5.48. The summed E-state index contributed by atoms with van der Waals surface area (Å²) in [6.45, 7) is 10.2. The van der Waals surface area contributed by atoms with E-state index in [1.807, 2.05) is 12.1 Å². The highest BCUT2D eigenvalue weighted by Crippen LogP contribution is 2.30. The molecule has 20 heavy (non-hydrogen) atoms. The number of nitrogens with one attached hydrogen (secondary N) is 1. The van der Waals surface area contributed by atoms with Gasteiger partial charge in [-0.15, -0.1) is 0 Å². The molecule has 0 saturated carbocycles. The third-order valence-electron chi connectivity index (χ3n) is 4.49. The number of hydrogen-bond donors (Lipinski definition) is 1. The highest BCUT2D eigenvalue weighted by molar-refractivity contribution is 6.31. The molecule has 112 valence electrons. The molecular weight excluding hydrogens is 268 g/mol. The van der Waals surface area contributed by atoms with Crippen molar-refractivity contribution in [1.29, 1.82) is 0 Å². The van der Waals surface area contributed by atoms with Gasteiger partial charge in [-0.2, -0.15) is 0 Å². The van der Waals surface area contributed by atoms with Crippen LogP contribution in [0.3, 0.4) is 0 Å². The maximum Gasteiger partial charge on any atom is 0.0453 e. The van der Waals surface area contributed by atoms with Crippen LogP contribution in [0.2, 0.25) is 5.02 Å². The van der Waals surface area contributed by atoms with Crippen molar-refractivity contribution >= 4 is 11.6 Å². The van der Waals surface area contributed by atoms with E-state index in [4.69, 9.17) is 11.6 Å². The van der Waals surface area contributed by atoms with Gasteiger partial charge in [0.15, 0.2) is 0 Å². The summed E-state index contributed by atoms with van der Waals surface area (Å²) in [6.07, 6.45) is 3.75. The molecular formula is C17H27ClN2. The van der Waals surface area contributed by atoms with Gasteiger partial charge >= 0.3 is 0 Å². The number of rotatable bonds is 6. The summed E-state index contributed by atoms with van der Waals surface area (Å²) in [5.74, 6) is 0. The molecule has 1 atom stereocenters. The van der Waals surface area contributed by atoms with Gasteiger partial charge < -0.3 is 5.32 Å². The van der Waals surface area contributed by atoms with Gasteiger partial charge in [0.2, 0.25) is 0 Å². The third kappa shape index (κ3) is 3.75. The van der Waals surface area contributed by atoms with E-state index in [0.717, 1.165) is 24.5 Å². The molecule has 1 aliphatic heterocycles. The van der Waals surface area contributed by atoms with Gasteiger partial charge in [-0.05, 0) is 57.8 Å². The first-order chi connectivity index (χ1) is 9.54. The van der Waals surface area contributed by atoms with E-state index in [2.05, 4.69) is 43.1 Å². The summed E-state index contributed by atoms with van der Waals surface area (Å²) in [4.78, 5) is 2.62. The molecule has 0 aromatic heterocycles. The van der Waals surface area contributed by atoms with Crippen molar-refractivity contribution in [3.63, 3.8) is 0 Å². The van der Waals surface area contributed by atoms with Crippen molar-refractivity contribution < 1.29 is 0 Å². The minimum absolute atomic E-state index is 0.352. The Hall–Kier alpha value is -0.570. The monoisotopic (exact) mass is 294 g/mol. The Labute approximate surface area is 128 Å². The predicted octanol–water partition coefficient (Wildman–Crippen LogP) is 4.26. The molecule has 2 nitrogen and oxygen atoms in total. The Bertz CT molecular complexity index is 431. The molecule has 1 unspecified atom stereocenters. The fourth-order valence-electron chi connectivity index (χ4n) is 3.23. The van der Waals surface area contributed by atoms with Crippen LogP contribution in [-0.2, 0) is 0 Å². The second kappa shape index (κ2) is 6.93. The van der Waals surface area contributed by atoms with Crippen molar-refractivity contribution in [2.45, 2.75) is 51.6 Å². The van der Waals surface area contributed by atoms with Crippen LogP contribution >= 0.6 is 11.6 Å². The molecule has 1 heterocycles. The highest BCUT2D eigenvalue weighted by atomic mass is 35.5. The molecule has 1 saturated heterocycles. The number of nitrogens with zero attached hydrogens (tertiary/aromatic N) is 1. The number of halogens is 1. The first-order valence-corrected chi connectivity index (χ1v) is 8.15. The smallest absolute Gasteiger partial charge is 0.0453 e. The first-order valence-electron chi connectivity index (χ1n) is 7.77. The van der Waals surface area contributed by atoms with Crippen molar-refractivity contribution in [3.05, 3.63) is 34.9 Å². The molecule has 3 heteroatoms. The summed E-state index contributed by atoms with van der Waals surface area (Å²) in [5.41, 5.74) is 1.59. The van der Waals surface area contributed by atoms with Crippen molar-refractivity contribution in [3.8, 4) is 0 Å². The molecule has 0 aliphatic carbocycles. The normalized spacial score (nSPS) is 20.2. The van der Waals surface area contributed by atoms with E-state index in [1.54, 1.807) is 0 Å². The van der Waals surface area contributed by atoms with Crippen LogP contribution in [0, 0.1) is 0 Å². The average Bonchev–Trinajstić information content (AvgIpc) is 2.74. The zero-order valence-corrected chi connectivity index (χ0v) is 13.7. The molecule has 2 rings (SSSR count). The maximum atomic E-state index is 6.35. The van der Waals surface area contributed by atoms with E-state index in [9.17, 15) is 0 Å². The maximum absolute atomic E-state index is 6.35. The second-order valence-corrected chi connectivity index (χ2v) is 6.73. The van der Waals surface area contributed by atoms with Crippen molar-refractivity contribution in [2.75, 3.05) is 19.6 Å². The Morgan fingerprint density at radius 3 is 2.70 bits per heavy atom. The topological polar surface area (TPSA) is 15.3 Å². The molecule has 1 aliphatic rings. The zero-order chi connectivity index (χ0) is 14.6. The molecule has 1 aromatic carbocycles. The molecule has 1 N–H and O–H groups in total. The largest absolute Gasteiger partial charge is 0.310 e. The number of hydrogen-bond acceptors (Lipinski definition) is 2.